The maximum absolute atomic E-state index is 11.7. The maximum atomic E-state index is 11.7. The molecule has 0 radical (unpaired) electrons. The molecule has 1 aromatic rings. The second-order valence-corrected chi connectivity index (χ2v) is 3.83. The molecule has 0 aliphatic heterocycles. The van der Waals surface area contributed by atoms with Gasteiger partial charge in [0.25, 0.3) is 0 Å². The summed E-state index contributed by atoms with van der Waals surface area (Å²) < 4.78 is 15.0. The molecule has 0 aliphatic carbocycles. The molecule has 0 aromatic heterocycles. The second-order valence-electron chi connectivity index (χ2n) is 3.45. The van der Waals surface area contributed by atoms with Gasteiger partial charge >= 0.3 is 5.97 Å². The first-order valence-corrected chi connectivity index (χ1v) is 5.82. The Morgan fingerprint density at radius 1 is 1.28 bits per heavy atom. The third kappa shape index (κ3) is 4.52. The van der Waals surface area contributed by atoms with Gasteiger partial charge in [-0.15, -0.1) is 0 Å². The van der Waals surface area contributed by atoms with Crippen LogP contribution in [0, 0.1) is 0 Å². The molecule has 5 nitrogen and oxygen atoms in total. The molecule has 0 bridgehead atoms. The highest BCUT2D eigenvalue weighted by Crippen LogP contribution is 2.23. The number of methoxy groups -OCH3 is 1. The topological polar surface area (TPSA) is 70.8 Å². The molecular weight excluding hydrogens is 258 g/mol. The lowest BCUT2D eigenvalue weighted by atomic mass is 10.2. The van der Waals surface area contributed by atoms with Crippen LogP contribution in [0.4, 0.5) is 5.69 Å². The highest BCUT2D eigenvalue weighted by Gasteiger charge is 2.13. The molecule has 0 spiro atoms. The Balaban J connectivity index is 2.35. The number of ether oxygens (including phenoxy) is 3. The number of benzene rings is 1. The van der Waals surface area contributed by atoms with Crippen LogP contribution >= 0.6 is 11.6 Å². The summed E-state index contributed by atoms with van der Waals surface area (Å²) in [6.45, 7) is 1.45. The van der Waals surface area contributed by atoms with E-state index in [-0.39, 0.29) is 17.2 Å². The van der Waals surface area contributed by atoms with Crippen LogP contribution in [0.1, 0.15) is 10.4 Å². The molecule has 1 aromatic carbocycles. The number of carbonyl (C=O) groups excluding carboxylic acids is 1. The normalized spacial score (nSPS) is 10.3. The number of nitrogens with two attached hydrogens (primary N) is 1. The van der Waals surface area contributed by atoms with E-state index in [2.05, 4.69) is 0 Å². The number of anilines is 1. The quantitative estimate of drug-likeness (QED) is 0.465. The molecule has 0 heterocycles. The number of nitrogen functional groups attached to an aromatic ring is 1. The van der Waals surface area contributed by atoms with Crippen LogP contribution in [0.2, 0.25) is 5.02 Å². The van der Waals surface area contributed by atoms with Gasteiger partial charge in [-0.05, 0) is 12.1 Å². The summed E-state index contributed by atoms with van der Waals surface area (Å²) in [6.07, 6.45) is 0. The molecule has 0 unspecified atom stereocenters. The Morgan fingerprint density at radius 3 is 2.72 bits per heavy atom. The lowest BCUT2D eigenvalue weighted by Gasteiger charge is -2.08. The van der Waals surface area contributed by atoms with Crippen molar-refractivity contribution in [3.05, 3.63) is 28.8 Å². The van der Waals surface area contributed by atoms with Gasteiger partial charge < -0.3 is 19.9 Å². The van der Waals surface area contributed by atoms with Gasteiger partial charge in [0.1, 0.15) is 6.61 Å². The van der Waals surface area contributed by atoms with Crippen LogP contribution in [-0.4, -0.2) is 39.5 Å². The first-order chi connectivity index (χ1) is 8.66. The van der Waals surface area contributed by atoms with E-state index in [1.54, 1.807) is 25.3 Å². The molecule has 100 valence electrons. The molecule has 0 amide bonds. The van der Waals surface area contributed by atoms with Crippen molar-refractivity contribution in [1.82, 2.24) is 0 Å². The minimum Gasteiger partial charge on any atom is -0.460 e. The van der Waals surface area contributed by atoms with Crippen LogP contribution in [0.25, 0.3) is 0 Å². The Bertz CT molecular complexity index is 398. The molecule has 0 saturated carbocycles. The standard InChI is InChI=1S/C12H16ClNO4/c1-16-5-6-17-7-8-18-12(15)9-3-2-4-10(14)11(9)13/h2-4H,5-8,14H2,1H3. The fourth-order valence-corrected chi connectivity index (χ4v) is 1.43. The van der Waals surface area contributed by atoms with Gasteiger partial charge in [0.2, 0.25) is 0 Å². The van der Waals surface area contributed by atoms with E-state index in [0.29, 0.717) is 25.5 Å². The lowest BCUT2D eigenvalue weighted by molar-refractivity contribution is 0.0214. The predicted molar refractivity (Wildman–Crippen MR) is 68.8 cm³/mol. The summed E-state index contributed by atoms with van der Waals surface area (Å²) in [5, 5.41) is 0.211. The van der Waals surface area contributed by atoms with Crippen LogP contribution in [0.5, 0.6) is 0 Å². The average molecular weight is 274 g/mol. The minimum atomic E-state index is -0.511. The van der Waals surface area contributed by atoms with Crippen molar-refractivity contribution in [3.8, 4) is 0 Å². The van der Waals surface area contributed by atoms with Crippen LogP contribution in [0.3, 0.4) is 0 Å². The summed E-state index contributed by atoms with van der Waals surface area (Å²) in [4.78, 5) is 11.7. The summed E-state index contributed by atoms with van der Waals surface area (Å²) in [6, 6.07) is 4.83. The first-order valence-electron chi connectivity index (χ1n) is 5.44. The van der Waals surface area contributed by atoms with Gasteiger partial charge in [0, 0.05) is 7.11 Å². The molecule has 0 aliphatic rings. The smallest absolute Gasteiger partial charge is 0.339 e. The summed E-state index contributed by atoms with van der Waals surface area (Å²) in [5.74, 6) is -0.511. The largest absolute Gasteiger partial charge is 0.460 e. The average Bonchev–Trinajstić information content (AvgIpc) is 2.36. The van der Waals surface area contributed by atoms with E-state index in [0.717, 1.165) is 0 Å². The Labute approximate surface area is 111 Å². The number of halogens is 1. The Morgan fingerprint density at radius 2 is 2.00 bits per heavy atom. The summed E-state index contributed by atoms with van der Waals surface area (Å²) >= 11 is 5.90. The van der Waals surface area contributed by atoms with Gasteiger partial charge in [-0.3, -0.25) is 0 Å². The van der Waals surface area contributed by atoms with E-state index < -0.39 is 5.97 Å². The van der Waals surface area contributed by atoms with Crippen molar-refractivity contribution in [2.75, 3.05) is 39.3 Å². The SMILES string of the molecule is COCCOCCOC(=O)c1cccc(N)c1Cl. The van der Waals surface area contributed by atoms with Crippen LogP contribution < -0.4 is 5.73 Å². The first kappa shape index (κ1) is 14.8. The fourth-order valence-electron chi connectivity index (χ4n) is 1.22. The monoisotopic (exact) mass is 273 g/mol. The molecule has 2 N–H and O–H groups in total. The van der Waals surface area contributed by atoms with Crippen molar-refractivity contribution < 1.29 is 19.0 Å². The van der Waals surface area contributed by atoms with Gasteiger partial charge in [-0.1, -0.05) is 17.7 Å². The van der Waals surface area contributed by atoms with Crippen molar-refractivity contribution >= 4 is 23.3 Å². The molecule has 1 rings (SSSR count). The zero-order chi connectivity index (χ0) is 13.4. The van der Waals surface area contributed by atoms with E-state index in [1.165, 1.54) is 0 Å². The predicted octanol–water partition coefficient (Wildman–Crippen LogP) is 1.74. The van der Waals surface area contributed by atoms with E-state index >= 15 is 0 Å². The second kappa shape index (κ2) is 7.92. The number of hydrogen-bond acceptors (Lipinski definition) is 5. The number of carbonyl (C=O) groups is 1. The molecule has 6 heteroatoms. The van der Waals surface area contributed by atoms with Gasteiger partial charge in [-0.25, -0.2) is 4.79 Å². The number of rotatable bonds is 7. The highest BCUT2D eigenvalue weighted by molar-refractivity contribution is 6.36. The zero-order valence-corrected chi connectivity index (χ0v) is 10.9. The van der Waals surface area contributed by atoms with Crippen molar-refractivity contribution in [2.24, 2.45) is 0 Å². The minimum absolute atomic E-state index is 0.160. The summed E-state index contributed by atoms with van der Waals surface area (Å²) in [5.41, 5.74) is 6.20. The number of esters is 1. The van der Waals surface area contributed by atoms with Crippen molar-refractivity contribution in [2.45, 2.75) is 0 Å². The highest BCUT2D eigenvalue weighted by atomic mass is 35.5. The Kier molecular flexibility index (Phi) is 6.49. The maximum Gasteiger partial charge on any atom is 0.339 e. The Hall–Kier alpha value is -1.30. The number of hydrogen-bond donors (Lipinski definition) is 1. The van der Waals surface area contributed by atoms with Crippen molar-refractivity contribution in [1.29, 1.82) is 0 Å². The molecule has 0 saturated heterocycles. The molecule has 18 heavy (non-hydrogen) atoms. The third-order valence-electron chi connectivity index (χ3n) is 2.14. The van der Waals surface area contributed by atoms with Crippen molar-refractivity contribution in [3.63, 3.8) is 0 Å². The van der Waals surface area contributed by atoms with E-state index in [1.807, 2.05) is 0 Å². The van der Waals surface area contributed by atoms with Gasteiger partial charge in [0.05, 0.1) is 36.1 Å². The molecular formula is C12H16ClNO4. The molecule has 0 atom stereocenters. The van der Waals surface area contributed by atoms with E-state index in [9.17, 15) is 4.79 Å². The van der Waals surface area contributed by atoms with Crippen LogP contribution in [0.15, 0.2) is 18.2 Å². The lowest BCUT2D eigenvalue weighted by Crippen LogP contribution is -2.13. The zero-order valence-electron chi connectivity index (χ0n) is 10.1. The van der Waals surface area contributed by atoms with E-state index in [4.69, 9.17) is 31.5 Å². The summed E-state index contributed by atoms with van der Waals surface area (Å²) in [7, 11) is 1.59. The fraction of sp³-hybridized carbons (Fsp3) is 0.417. The third-order valence-corrected chi connectivity index (χ3v) is 2.56. The van der Waals surface area contributed by atoms with Crippen LogP contribution in [-0.2, 0) is 14.2 Å². The molecule has 0 fully saturated rings. The van der Waals surface area contributed by atoms with Gasteiger partial charge in [0.15, 0.2) is 0 Å². The van der Waals surface area contributed by atoms with Gasteiger partial charge in [-0.2, -0.15) is 0 Å².